The van der Waals surface area contributed by atoms with E-state index >= 15 is 0 Å². The Bertz CT molecular complexity index is 546. The van der Waals surface area contributed by atoms with Crippen LogP contribution >= 0.6 is 11.3 Å². The average molecular weight is 252 g/mol. The van der Waals surface area contributed by atoms with Crippen molar-refractivity contribution in [2.24, 2.45) is 0 Å². The normalized spacial score (nSPS) is 10.7. The van der Waals surface area contributed by atoms with E-state index in [9.17, 15) is 4.79 Å². The van der Waals surface area contributed by atoms with Gasteiger partial charge in [0.1, 0.15) is 0 Å². The second kappa shape index (κ2) is 4.62. The number of rotatable bonds is 4. The third-order valence-electron chi connectivity index (χ3n) is 2.35. The van der Waals surface area contributed by atoms with E-state index in [1.165, 1.54) is 0 Å². The molecule has 0 saturated carbocycles. The minimum absolute atomic E-state index is 0.0273. The number of hydrogen-bond acceptors (Lipinski definition) is 5. The van der Waals surface area contributed by atoms with E-state index in [4.69, 9.17) is 5.11 Å². The molecule has 0 spiro atoms. The Labute approximate surface area is 102 Å². The number of aryl methyl sites for hydroxylation is 1. The smallest absolute Gasteiger partial charge is 0.358 e. The van der Waals surface area contributed by atoms with Gasteiger partial charge in [0.2, 0.25) is 0 Å². The second-order valence-corrected chi connectivity index (χ2v) is 4.62. The molecule has 0 aliphatic carbocycles. The van der Waals surface area contributed by atoms with Crippen molar-refractivity contribution in [2.75, 3.05) is 0 Å². The molecule has 2 rings (SSSR count). The van der Waals surface area contributed by atoms with Gasteiger partial charge in [-0.1, -0.05) is 12.1 Å². The van der Waals surface area contributed by atoms with Crippen molar-refractivity contribution in [1.82, 2.24) is 20.0 Å². The molecule has 2 heterocycles. The van der Waals surface area contributed by atoms with Gasteiger partial charge < -0.3 is 5.11 Å². The standard InChI is InChI=1S/C10H12N4O2S/c1-3-8-9(10(15)16)12-13-14(8)4-7-5-17-6(2)11-7/h5H,3-4H2,1-2H3,(H,15,16). The lowest BCUT2D eigenvalue weighted by Gasteiger charge is -2.02. The Morgan fingerprint density at radius 2 is 2.35 bits per heavy atom. The Hall–Kier alpha value is -1.76. The Morgan fingerprint density at radius 1 is 1.59 bits per heavy atom. The summed E-state index contributed by atoms with van der Waals surface area (Å²) in [6, 6.07) is 0. The highest BCUT2D eigenvalue weighted by Gasteiger charge is 2.17. The van der Waals surface area contributed by atoms with Crippen LogP contribution in [0, 0.1) is 6.92 Å². The van der Waals surface area contributed by atoms with Gasteiger partial charge in [-0.3, -0.25) is 0 Å². The average Bonchev–Trinajstić information content (AvgIpc) is 2.85. The van der Waals surface area contributed by atoms with E-state index in [1.807, 2.05) is 19.2 Å². The number of aromatic carboxylic acids is 1. The number of carbonyl (C=O) groups is 1. The van der Waals surface area contributed by atoms with Gasteiger partial charge in [0.05, 0.1) is 22.9 Å². The molecule has 7 heteroatoms. The van der Waals surface area contributed by atoms with Crippen molar-refractivity contribution >= 4 is 17.3 Å². The summed E-state index contributed by atoms with van der Waals surface area (Å²) in [6.45, 7) is 4.28. The predicted molar refractivity (Wildman–Crippen MR) is 62.3 cm³/mol. The first-order chi connectivity index (χ1) is 8.11. The van der Waals surface area contributed by atoms with Crippen LogP contribution in [-0.2, 0) is 13.0 Å². The lowest BCUT2D eigenvalue weighted by Crippen LogP contribution is -2.08. The van der Waals surface area contributed by atoms with Crippen molar-refractivity contribution in [3.63, 3.8) is 0 Å². The highest BCUT2D eigenvalue weighted by Crippen LogP contribution is 2.12. The van der Waals surface area contributed by atoms with E-state index in [-0.39, 0.29) is 5.69 Å². The first kappa shape index (κ1) is 11.7. The van der Waals surface area contributed by atoms with Crippen LogP contribution in [0.2, 0.25) is 0 Å². The van der Waals surface area contributed by atoms with Crippen LogP contribution in [0.15, 0.2) is 5.38 Å². The molecule has 6 nitrogen and oxygen atoms in total. The highest BCUT2D eigenvalue weighted by molar-refractivity contribution is 7.09. The van der Waals surface area contributed by atoms with Gasteiger partial charge in [-0.25, -0.2) is 14.5 Å². The largest absolute Gasteiger partial charge is 0.476 e. The fourth-order valence-electron chi connectivity index (χ4n) is 1.61. The SMILES string of the molecule is CCc1c(C(=O)O)nnn1Cc1csc(C)n1. The van der Waals surface area contributed by atoms with E-state index < -0.39 is 5.97 Å². The Balaban J connectivity index is 2.30. The van der Waals surface area contributed by atoms with Crippen LogP contribution in [0.5, 0.6) is 0 Å². The van der Waals surface area contributed by atoms with Gasteiger partial charge >= 0.3 is 5.97 Å². The zero-order valence-electron chi connectivity index (χ0n) is 9.54. The summed E-state index contributed by atoms with van der Waals surface area (Å²) in [4.78, 5) is 15.2. The van der Waals surface area contributed by atoms with Crippen LogP contribution in [0.25, 0.3) is 0 Å². The summed E-state index contributed by atoms with van der Waals surface area (Å²) < 4.78 is 1.60. The maximum absolute atomic E-state index is 10.9. The lowest BCUT2D eigenvalue weighted by molar-refractivity contribution is 0.0689. The monoisotopic (exact) mass is 252 g/mol. The summed E-state index contributed by atoms with van der Waals surface area (Å²) in [6.07, 6.45) is 0.581. The fourth-order valence-corrected chi connectivity index (χ4v) is 2.21. The molecule has 0 atom stereocenters. The molecule has 2 aromatic heterocycles. The zero-order valence-corrected chi connectivity index (χ0v) is 10.4. The van der Waals surface area contributed by atoms with Gasteiger partial charge in [-0.15, -0.1) is 16.4 Å². The first-order valence-corrected chi connectivity index (χ1v) is 6.06. The first-order valence-electron chi connectivity index (χ1n) is 5.18. The summed E-state index contributed by atoms with van der Waals surface area (Å²) in [5.41, 5.74) is 1.53. The minimum atomic E-state index is -1.04. The van der Waals surface area contributed by atoms with E-state index in [1.54, 1.807) is 16.0 Å². The molecule has 17 heavy (non-hydrogen) atoms. The molecule has 0 amide bonds. The van der Waals surface area contributed by atoms with Gasteiger partial charge in [0.15, 0.2) is 5.69 Å². The summed E-state index contributed by atoms with van der Waals surface area (Å²) in [7, 11) is 0. The number of thiazole rings is 1. The van der Waals surface area contributed by atoms with Crippen molar-refractivity contribution in [2.45, 2.75) is 26.8 Å². The summed E-state index contributed by atoms with van der Waals surface area (Å²) in [5.74, 6) is -1.04. The number of carboxylic acid groups (broad SMARTS) is 1. The van der Waals surface area contributed by atoms with Gasteiger partial charge in [0, 0.05) is 5.38 Å². The molecular weight excluding hydrogens is 240 g/mol. The van der Waals surface area contributed by atoms with Gasteiger partial charge in [0.25, 0.3) is 0 Å². The van der Waals surface area contributed by atoms with E-state index in [0.29, 0.717) is 18.7 Å². The number of aromatic nitrogens is 4. The molecule has 0 aromatic carbocycles. The van der Waals surface area contributed by atoms with Crippen molar-refractivity contribution < 1.29 is 9.90 Å². The molecule has 0 aliphatic rings. The van der Waals surface area contributed by atoms with Crippen LogP contribution in [-0.4, -0.2) is 31.1 Å². The minimum Gasteiger partial charge on any atom is -0.476 e. The summed E-state index contributed by atoms with van der Waals surface area (Å²) >= 11 is 1.56. The third-order valence-corrected chi connectivity index (χ3v) is 3.18. The highest BCUT2D eigenvalue weighted by atomic mass is 32.1. The zero-order chi connectivity index (χ0) is 12.4. The number of nitrogens with zero attached hydrogens (tertiary/aromatic N) is 4. The molecule has 0 radical (unpaired) electrons. The second-order valence-electron chi connectivity index (χ2n) is 3.56. The molecule has 0 unspecified atom stereocenters. The number of carboxylic acids is 1. The van der Waals surface area contributed by atoms with Crippen LogP contribution in [0.3, 0.4) is 0 Å². The maximum Gasteiger partial charge on any atom is 0.358 e. The molecule has 0 saturated heterocycles. The lowest BCUT2D eigenvalue weighted by atomic mass is 10.2. The molecular formula is C10H12N4O2S. The third kappa shape index (κ3) is 2.33. The molecule has 0 aliphatic heterocycles. The summed E-state index contributed by atoms with van der Waals surface area (Å²) in [5, 5.41) is 19.4. The molecule has 1 N–H and O–H groups in total. The predicted octanol–water partition coefficient (Wildman–Crippen LogP) is 1.35. The fraction of sp³-hybridized carbons (Fsp3) is 0.400. The van der Waals surface area contributed by atoms with Crippen LogP contribution in [0.1, 0.15) is 33.8 Å². The van der Waals surface area contributed by atoms with E-state index in [2.05, 4.69) is 15.3 Å². The Kier molecular flexibility index (Phi) is 3.19. The molecule has 0 bridgehead atoms. The molecule has 2 aromatic rings. The van der Waals surface area contributed by atoms with Crippen LogP contribution < -0.4 is 0 Å². The molecule has 0 fully saturated rings. The van der Waals surface area contributed by atoms with Crippen molar-refractivity contribution in [3.05, 3.63) is 27.5 Å². The number of hydrogen-bond donors (Lipinski definition) is 1. The van der Waals surface area contributed by atoms with E-state index in [0.717, 1.165) is 10.7 Å². The maximum atomic E-state index is 10.9. The topological polar surface area (TPSA) is 80.9 Å². The van der Waals surface area contributed by atoms with Crippen LogP contribution in [0.4, 0.5) is 0 Å². The van der Waals surface area contributed by atoms with Crippen molar-refractivity contribution in [3.8, 4) is 0 Å². The van der Waals surface area contributed by atoms with Gasteiger partial charge in [-0.05, 0) is 13.3 Å². The molecule has 90 valence electrons. The Morgan fingerprint density at radius 3 is 2.88 bits per heavy atom. The van der Waals surface area contributed by atoms with Gasteiger partial charge in [-0.2, -0.15) is 0 Å². The quantitative estimate of drug-likeness (QED) is 0.888. The van der Waals surface area contributed by atoms with Crippen molar-refractivity contribution in [1.29, 1.82) is 0 Å².